The van der Waals surface area contributed by atoms with E-state index in [9.17, 15) is 98.1 Å². The van der Waals surface area contributed by atoms with E-state index in [4.69, 9.17) is 35.5 Å². The molecule has 0 bridgehead atoms. The zero-order valence-corrected chi connectivity index (χ0v) is 60.4. The van der Waals surface area contributed by atoms with E-state index < -0.39 is 124 Å². The summed E-state index contributed by atoms with van der Waals surface area (Å²) in [6.45, 7) is 25.1. The van der Waals surface area contributed by atoms with E-state index in [0.717, 1.165) is 116 Å². The van der Waals surface area contributed by atoms with Crippen LogP contribution in [0.5, 0.6) is 0 Å². The maximum atomic E-state index is 13.4. The van der Waals surface area contributed by atoms with Crippen molar-refractivity contribution in [1.82, 2.24) is 56.7 Å². The van der Waals surface area contributed by atoms with Crippen LogP contribution >= 0.6 is 10.7 Å². The molecule has 0 radical (unpaired) electrons. The molecule has 0 aliphatic heterocycles. The predicted molar refractivity (Wildman–Crippen MR) is 382 cm³/mol. The summed E-state index contributed by atoms with van der Waals surface area (Å²) in [6, 6.07) is 28.9. The monoisotopic (exact) mass is 1610 g/mol. The minimum Gasteiger partial charge on any atom is -0.282 e. The molecule has 0 spiro atoms. The van der Waals surface area contributed by atoms with Gasteiger partial charge in [0.25, 0.3) is 35.8 Å². The molecule has 12 rings (SSSR count). The van der Waals surface area contributed by atoms with E-state index in [1.165, 1.54) is 112 Å². The quantitative estimate of drug-likeness (QED) is 0.0497. The summed E-state index contributed by atoms with van der Waals surface area (Å²) in [5.41, 5.74) is -10.4. The fourth-order valence-electron chi connectivity index (χ4n) is 11.5. The molecule has 0 unspecified atom stereocenters. The second-order valence-corrected chi connectivity index (χ2v) is 29.1. The average Bonchev–Trinajstić information content (AvgIpc) is 1.71. The highest BCUT2D eigenvalue weighted by atomic mass is 35.7. The van der Waals surface area contributed by atoms with Crippen molar-refractivity contribution < 1.29 is 69.3 Å². The van der Waals surface area contributed by atoms with Crippen molar-refractivity contribution in [3.63, 3.8) is 0 Å². The minimum atomic E-state index is -4.96. The zero-order chi connectivity index (χ0) is 81.9. The van der Waals surface area contributed by atoms with Crippen LogP contribution in [-0.4, -0.2) is 86.6 Å². The number of alkyl halides is 9. The lowest BCUT2D eigenvalue weighted by molar-refractivity contribution is -0.138. The Morgan fingerprint density at radius 1 is 0.405 bits per heavy atom. The molecule has 0 amide bonds. The second-order valence-electron chi connectivity index (χ2n) is 23.6. The lowest BCUT2D eigenvalue weighted by Crippen LogP contribution is -2.40. The first-order valence-corrected chi connectivity index (χ1v) is 36.2. The Morgan fingerprint density at radius 3 is 0.901 bits per heavy atom. The lowest BCUT2D eigenvalue weighted by Gasteiger charge is -2.18. The van der Waals surface area contributed by atoms with Crippen LogP contribution in [0.25, 0.3) is 82.4 Å². The summed E-state index contributed by atoms with van der Waals surface area (Å²) < 4.78 is 212. The number of sulfonamides is 1. The number of hydrogen-bond acceptors (Lipinski definition) is 15. The van der Waals surface area contributed by atoms with E-state index in [1.54, 1.807) is 0 Å². The van der Waals surface area contributed by atoms with Gasteiger partial charge in [0, 0.05) is 48.9 Å². The first-order chi connectivity index (χ1) is 51.8. The van der Waals surface area contributed by atoms with Crippen LogP contribution in [0.4, 0.5) is 56.6 Å². The summed E-state index contributed by atoms with van der Waals surface area (Å²) in [6.07, 6.45) is -11.5. The number of nitrogens with two attached hydrogens (primary N) is 1. The van der Waals surface area contributed by atoms with Gasteiger partial charge in [0.15, 0.2) is 17.1 Å². The molecule has 111 heavy (non-hydrogen) atoms. The van der Waals surface area contributed by atoms with E-state index in [2.05, 4.69) is 29.8 Å². The van der Waals surface area contributed by atoms with Crippen molar-refractivity contribution in [2.45, 2.75) is 54.0 Å². The molecule has 0 saturated heterocycles. The van der Waals surface area contributed by atoms with Crippen LogP contribution in [0.2, 0.25) is 0 Å². The van der Waals surface area contributed by atoms with Crippen molar-refractivity contribution in [1.29, 1.82) is 0 Å². The van der Waals surface area contributed by atoms with E-state index in [-0.39, 0.29) is 90.8 Å². The highest BCUT2D eigenvalue weighted by Crippen LogP contribution is 2.38. The minimum absolute atomic E-state index is 0.142. The number of nitrogens with zero attached hydrogens (tertiary/aromatic N) is 15. The van der Waals surface area contributed by atoms with E-state index in [1.807, 2.05) is 0 Å². The van der Waals surface area contributed by atoms with E-state index >= 15 is 0 Å². The molecule has 570 valence electrons. The van der Waals surface area contributed by atoms with Gasteiger partial charge in [-0.25, -0.2) is 64.9 Å². The SMILES string of the molecule is [C-]#[N+]c1ccc(-n2ncc(S(=O)(=O)Cl)c2-c2c(C)n(-c3cccc(C(F)(F)F)c3)c(=O)n(C)c2=O)cc1.[C-]#[N+]c1ccc(-n2ncc(S(=O)(=O)O)c2-c2c(C)n(-c3cccc(C(F)(F)F)c3)c(=O)n(C)c2=O)cc1.[C-]#[N+]c1ccc(-n2ncc(S(N)(=O)=O)c2-c2c(C)n(-c3cccc(C(F)(F)F)c3)c(=O)n(C)c2=O)cc1. The van der Waals surface area contributed by atoms with Gasteiger partial charge in [-0.2, -0.15) is 63.2 Å². The molecule has 0 aliphatic rings. The van der Waals surface area contributed by atoms with Gasteiger partial charge in [0.1, 0.15) is 31.8 Å². The number of aromatic nitrogens is 12. The molecule has 6 aromatic heterocycles. The predicted octanol–water partition coefficient (Wildman–Crippen LogP) is 10.6. The van der Waals surface area contributed by atoms with Crippen molar-refractivity contribution in [2.75, 3.05) is 0 Å². The van der Waals surface area contributed by atoms with E-state index in [0.29, 0.717) is 19.8 Å². The summed E-state index contributed by atoms with van der Waals surface area (Å²) in [4.78, 5) is 87.0. The number of halogens is 10. The van der Waals surface area contributed by atoms with Crippen molar-refractivity contribution in [3.8, 4) is 67.9 Å². The molecule has 0 atom stereocenters. The lowest BCUT2D eigenvalue weighted by atomic mass is 10.1. The third kappa shape index (κ3) is 15.7. The molecular weight excluding hydrogens is 1560 g/mol. The van der Waals surface area contributed by atoms with Gasteiger partial charge in [-0.15, -0.1) is 0 Å². The Morgan fingerprint density at radius 2 is 0.658 bits per heavy atom. The number of benzene rings is 6. The fraction of sp³-hybridized carbons (Fsp3) is 0.130. The van der Waals surface area contributed by atoms with Crippen LogP contribution in [-0.2, 0) is 68.9 Å². The van der Waals surface area contributed by atoms with Crippen molar-refractivity contribution >= 4 is 56.9 Å². The fourth-order valence-corrected chi connectivity index (χ4v) is 13.7. The Balaban J connectivity index is 0.000000177. The Bertz CT molecular complexity index is 6080. The third-order valence-electron chi connectivity index (χ3n) is 16.8. The van der Waals surface area contributed by atoms with Gasteiger partial charge >= 0.3 is 35.6 Å². The molecule has 3 N–H and O–H groups in total. The largest absolute Gasteiger partial charge is 0.416 e. The van der Waals surface area contributed by atoms with Gasteiger partial charge in [0.05, 0.1) is 106 Å². The second kappa shape index (κ2) is 29.8. The van der Waals surface area contributed by atoms with Crippen LogP contribution in [0, 0.1) is 40.5 Å². The molecule has 42 heteroatoms. The maximum absolute atomic E-state index is 13.4. The molecule has 29 nitrogen and oxygen atoms in total. The first-order valence-electron chi connectivity index (χ1n) is 30.9. The molecule has 0 saturated carbocycles. The van der Waals surface area contributed by atoms with Gasteiger partial charge in [-0.1, -0.05) is 54.6 Å². The summed E-state index contributed by atoms with van der Waals surface area (Å²) in [5.74, 6) is 0. The number of rotatable bonds is 12. The first kappa shape index (κ1) is 80.4. The zero-order valence-electron chi connectivity index (χ0n) is 57.2. The van der Waals surface area contributed by atoms with Crippen molar-refractivity contribution in [2.24, 2.45) is 26.3 Å². The average molecular weight is 1610 g/mol. The molecule has 6 heterocycles. The highest BCUT2D eigenvalue weighted by Gasteiger charge is 2.37. The van der Waals surface area contributed by atoms with Gasteiger partial charge in [-0.3, -0.25) is 46.3 Å². The third-order valence-corrected chi connectivity index (χ3v) is 19.9. The van der Waals surface area contributed by atoms with Gasteiger partial charge in [-0.05, 0) is 112 Å². The molecule has 6 aromatic carbocycles. The normalized spacial score (nSPS) is 11.9. The molecule has 0 aliphatic carbocycles. The molecule has 12 aromatic rings. The Hall–Kier alpha value is -13.1. The summed E-state index contributed by atoms with van der Waals surface area (Å²) in [7, 11) is -4.96. The number of primary sulfonamides is 1. The van der Waals surface area contributed by atoms with Gasteiger partial charge < -0.3 is 0 Å². The van der Waals surface area contributed by atoms with Crippen LogP contribution in [0.3, 0.4) is 0 Å². The van der Waals surface area contributed by atoms with Crippen LogP contribution < -0.4 is 38.9 Å². The maximum Gasteiger partial charge on any atom is 0.416 e. The standard InChI is InChI=1S/C23H15ClF3N5O4S.C23H17F3N6O4S.C23H16F3N5O5S/c1-13-19(20-18(37(24,35)36)12-29-32(20)16-9-7-15(28-2)8-10-16)21(33)30(3)22(34)31(13)17-6-4-5-14(11-17)23(25,26)27;1-13-19(20-18(37(27,35)36)12-29-32(20)16-9-7-15(28-2)8-10-16)21(33)30(3)22(34)31(13)17-6-4-5-14(11-17)23(24,25)26;1-13-19(20-18(37(34,35)36)12-28-31(20)16-9-7-15(27-2)8-10-16)21(32)29(3)22(33)30(13)17-6-4-5-14(11-17)23(24,25)26/h4-12H,1,3H3;4-12H,1,3H3,(H2,27,35,36);4-12H,1,3H3,(H,34,35,36). The smallest absolute Gasteiger partial charge is 0.282 e. The molecule has 0 fully saturated rings. The summed E-state index contributed by atoms with van der Waals surface area (Å²) >= 11 is 0. The van der Waals surface area contributed by atoms with Crippen LogP contribution in [0.15, 0.2) is 208 Å². The Kier molecular flexibility index (Phi) is 21.6. The summed E-state index contributed by atoms with van der Waals surface area (Å²) in [5, 5.41) is 17.5. The topological polar surface area (TPSA) is 347 Å². The molecular formula is C69H48ClF9N16O13S3. The highest BCUT2D eigenvalue weighted by molar-refractivity contribution is 8.13. The Labute approximate surface area is 622 Å². The van der Waals surface area contributed by atoms with Crippen LogP contribution in [0.1, 0.15) is 33.8 Å². The van der Waals surface area contributed by atoms with Crippen molar-refractivity contribution in [3.05, 3.63) is 295 Å². The number of hydrogen-bond donors (Lipinski definition) is 2. The van der Waals surface area contributed by atoms with Gasteiger partial charge in [0.2, 0.25) is 10.0 Å².